The molecular formula is C12H23O2+. The smallest absolute Gasteiger partial charge is 0.393 e. The van der Waals surface area contributed by atoms with Gasteiger partial charge in [0.25, 0.3) is 0 Å². The van der Waals surface area contributed by atoms with Crippen molar-refractivity contribution in [2.24, 2.45) is 0 Å². The Morgan fingerprint density at radius 2 is 1.43 bits per heavy atom. The standard InChI is InChI=1S/C6H12O.C6H10O/c2*7-6-4-2-1-3-5-6/h6-7H,1-5H2;1-5H2/p+1. The normalized spacial score (nSPS) is 23.9. The zero-order valence-electron chi connectivity index (χ0n) is 10.0. The predicted molar refractivity (Wildman–Crippen MR) is 58.3 cm³/mol. The van der Waals surface area contributed by atoms with E-state index in [2.05, 4.69) is 0 Å². The fourth-order valence-electron chi connectivity index (χ4n) is 2.03. The Morgan fingerprint density at radius 1 is 0.929 bits per heavy atom. The van der Waals surface area contributed by atoms with E-state index in [0.717, 1.165) is 38.5 Å². The number of rotatable bonds is 0. The van der Waals surface area contributed by atoms with Crippen molar-refractivity contribution >= 4 is 5.78 Å². The van der Waals surface area contributed by atoms with Gasteiger partial charge in [0.2, 0.25) is 0 Å². The molecule has 14 heavy (non-hydrogen) atoms. The fraction of sp³-hybridized carbons (Fsp3) is 0.917. The molecule has 2 heteroatoms. The first kappa shape index (κ1) is 11.7. The maximum Gasteiger partial charge on any atom is 1.00 e. The van der Waals surface area contributed by atoms with E-state index in [1.165, 1.54) is 25.7 Å². The number of hydrogen-bond donors (Lipinski definition) is 1. The lowest BCUT2D eigenvalue weighted by atomic mass is 9.98. The molecule has 0 atom stereocenters. The van der Waals surface area contributed by atoms with Crippen LogP contribution >= 0.6 is 0 Å². The minimum atomic E-state index is 0. The summed E-state index contributed by atoms with van der Waals surface area (Å²) in [5, 5.41) is 8.91. The van der Waals surface area contributed by atoms with Gasteiger partial charge < -0.3 is 5.11 Å². The Balaban J connectivity index is 0.000000245. The molecule has 0 spiro atoms. The van der Waals surface area contributed by atoms with Gasteiger partial charge in [0.15, 0.2) is 0 Å². The average Bonchev–Trinajstić information content (AvgIpc) is 2.21. The molecule has 0 aromatic heterocycles. The van der Waals surface area contributed by atoms with Gasteiger partial charge in [-0.25, -0.2) is 0 Å². The molecule has 2 saturated carbocycles. The summed E-state index contributed by atoms with van der Waals surface area (Å²) in [5.41, 5.74) is 0. The predicted octanol–water partition coefficient (Wildman–Crippen LogP) is 2.94. The van der Waals surface area contributed by atoms with Crippen LogP contribution in [-0.4, -0.2) is 17.0 Å². The fourth-order valence-corrected chi connectivity index (χ4v) is 2.03. The number of aliphatic hydroxyl groups excluding tert-OH is 1. The molecule has 82 valence electrons. The zero-order chi connectivity index (χ0) is 10.2. The molecule has 0 radical (unpaired) electrons. The van der Waals surface area contributed by atoms with Crippen molar-refractivity contribution in [3.8, 4) is 0 Å². The van der Waals surface area contributed by atoms with Crippen molar-refractivity contribution in [1.29, 1.82) is 0 Å². The van der Waals surface area contributed by atoms with Crippen LogP contribution in [0.1, 0.15) is 65.6 Å². The highest BCUT2D eigenvalue weighted by molar-refractivity contribution is 5.78. The van der Waals surface area contributed by atoms with E-state index in [0.29, 0.717) is 5.78 Å². The Morgan fingerprint density at radius 3 is 1.71 bits per heavy atom. The van der Waals surface area contributed by atoms with E-state index in [1.54, 1.807) is 0 Å². The summed E-state index contributed by atoms with van der Waals surface area (Å²) < 4.78 is 0. The third kappa shape index (κ3) is 5.38. The molecule has 0 amide bonds. The summed E-state index contributed by atoms with van der Waals surface area (Å²) in [6.07, 6.45) is 11.2. The van der Waals surface area contributed by atoms with Crippen LogP contribution in [0.15, 0.2) is 0 Å². The molecule has 0 bridgehead atoms. The number of hydrogen-bond acceptors (Lipinski definition) is 2. The molecule has 0 unspecified atom stereocenters. The SMILES string of the molecule is O=C1CCCCC1.OC1CCCCC1.[H+]. The van der Waals surface area contributed by atoms with Crippen LogP contribution in [0.2, 0.25) is 0 Å². The van der Waals surface area contributed by atoms with E-state index in [4.69, 9.17) is 5.11 Å². The first-order valence-electron chi connectivity index (χ1n) is 5.99. The average molecular weight is 199 g/mol. The van der Waals surface area contributed by atoms with Crippen LogP contribution in [0.4, 0.5) is 0 Å². The molecule has 1 N–H and O–H groups in total. The van der Waals surface area contributed by atoms with Gasteiger partial charge in [-0.3, -0.25) is 4.79 Å². The van der Waals surface area contributed by atoms with Crippen LogP contribution in [0.3, 0.4) is 0 Å². The highest BCUT2D eigenvalue weighted by Crippen LogP contribution is 2.16. The minimum absolute atomic E-state index is 0. The van der Waals surface area contributed by atoms with Crippen LogP contribution in [0.5, 0.6) is 0 Å². The van der Waals surface area contributed by atoms with Crippen LogP contribution in [-0.2, 0) is 4.79 Å². The molecule has 2 fully saturated rings. The maximum atomic E-state index is 10.5. The van der Waals surface area contributed by atoms with Crippen molar-refractivity contribution in [3.63, 3.8) is 0 Å². The third-order valence-electron chi connectivity index (χ3n) is 2.99. The van der Waals surface area contributed by atoms with Crippen LogP contribution in [0, 0.1) is 0 Å². The molecule has 2 nitrogen and oxygen atoms in total. The molecule has 0 aromatic rings. The number of carbonyl (C=O) groups is 1. The minimum Gasteiger partial charge on any atom is -0.393 e. The Bertz CT molecular complexity index is 157. The second-order valence-electron chi connectivity index (χ2n) is 4.39. The van der Waals surface area contributed by atoms with Gasteiger partial charge in [-0.1, -0.05) is 25.7 Å². The molecule has 0 saturated heterocycles. The highest BCUT2D eigenvalue weighted by Gasteiger charge is 2.07. The molecule has 2 aliphatic rings. The lowest BCUT2D eigenvalue weighted by Gasteiger charge is -2.14. The molecule has 0 aromatic carbocycles. The van der Waals surface area contributed by atoms with Gasteiger partial charge in [-0.2, -0.15) is 0 Å². The number of ketones is 1. The molecular weight excluding hydrogens is 176 g/mol. The first-order chi connectivity index (χ1) is 6.79. The van der Waals surface area contributed by atoms with E-state index in [-0.39, 0.29) is 7.53 Å². The van der Waals surface area contributed by atoms with E-state index in [1.807, 2.05) is 0 Å². The van der Waals surface area contributed by atoms with Crippen molar-refractivity contribution < 1.29 is 11.3 Å². The number of carbonyl (C=O) groups excluding carboxylic acids is 1. The van der Waals surface area contributed by atoms with Crippen LogP contribution < -0.4 is 0 Å². The first-order valence-corrected chi connectivity index (χ1v) is 5.99. The van der Waals surface area contributed by atoms with Crippen molar-refractivity contribution in [2.45, 2.75) is 70.3 Å². The summed E-state index contributed by atoms with van der Waals surface area (Å²) in [4.78, 5) is 10.5. The number of Topliss-reactive ketones (excluding diaryl/α,β-unsaturated/α-hetero) is 1. The van der Waals surface area contributed by atoms with Crippen molar-refractivity contribution in [1.82, 2.24) is 0 Å². The van der Waals surface area contributed by atoms with Crippen molar-refractivity contribution in [3.05, 3.63) is 0 Å². The largest absolute Gasteiger partial charge is 1.00 e. The Kier molecular flexibility index (Phi) is 5.85. The highest BCUT2D eigenvalue weighted by atomic mass is 16.3. The maximum absolute atomic E-state index is 10.5. The summed E-state index contributed by atoms with van der Waals surface area (Å²) >= 11 is 0. The molecule has 0 aliphatic heterocycles. The van der Waals surface area contributed by atoms with E-state index in [9.17, 15) is 4.79 Å². The van der Waals surface area contributed by atoms with Gasteiger partial charge >= 0.3 is 1.43 Å². The van der Waals surface area contributed by atoms with Gasteiger partial charge in [0.05, 0.1) is 6.10 Å². The van der Waals surface area contributed by atoms with E-state index >= 15 is 0 Å². The van der Waals surface area contributed by atoms with Gasteiger partial charge in [0.1, 0.15) is 5.78 Å². The molecule has 2 aliphatic carbocycles. The van der Waals surface area contributed by atoms with Gasteiger partial charge in [-0.15, -0.1) is 0 Å². The van der Waals surface area contributed by atoms with Gasteiger partial charge in [0, 0.05) is 12.8 Å². The summed E-state index contributed by atoms with van der Waals surface area (Å²) in [6.45, 7) is 0. The topological polar surface area (TPSA) is 37.3 Å². The third-order valence-corrected chi connectivity index (χ3v) is 2.99. The van der Waals surface area contributed by atoms with Gasteiger partial charge in [-0.05, 0) is 25.7 Å². The lowest BCUT2D eigenvalue weighted by Crippen LogP contribution is -2.09. The lowest BCUT2D eigenvalue weighted by molar-refractivity contribution is -0.120. The summed E-state index contributed by atoms with van der Waals surface area (Å²) in [7, 11) is 0. The zero-order valence-corrected chi connectivity index (χ0v) is 9.00. The quantitative estimate of drug-likeness (QED) is 0.651. The van der Waals surface area contributed by atoms with Crippen molar-refractivity contribution in [2.75, 3.05) is 0 Å². The second-order valence-corrected chi connectivity index (χ2v) is 4.39. The molecule has 0 heterocycles. The summed E-state index contributed by atoms with van der Waals surface area (Å²) in [6, 6.07) is 0. The molecule has 2 rings (SSSR count). The van der Waals surface area contributed by atoms with Crippen LogP contribution in [0.25, 0.3) is 0 Å². The monoisotopic (exact) mass is 199 g/mol. The number of aliphatic hydroxyl groups is 1. The van der Waals surface area contributed by atoms with E-state index < -0.39 is 0 Å². The Hall–Kier alpha value is -0.370. The Labute approximate surface area is 88.2 Å². The summed E-state index contributed by atoms with van der Waals surface area (Å²) in [5.74, 6) is 0.464. The second kappa shape index (κ2) is 6.99.